The van der Waals surface area contributed by atoms with Crippen molar-refractivity contribution in [3.05, 3.63) is 29.8 Å². The SMILES string of the molecule is CN=C(NCCCCN1CCC(C(N)=O)CC1)N(C)Cc1ccccc1OC.I. The van der Waals surface area contributed by atoms with E-state index in [1.54, 1.807) is 7.11 Å². The zero-order valence-corrected chi connectivity index (χ0v) is 20.2. The van der Waals surface area contributed by atoms with Crippen molar-refractivity contribution in [3.8, 4) is 5.75 Å². The number of amides is 1. The lowest BCUT2D eigenvalue weighted by Crippen LogP contribution is -2.40. The van der Waals surface area contributed by atoms with Gasteiger partial charge in [-0.2, -0.15) is 0 Å². The van der Waals surface area contributed by atoms with Crippen molar-refractivity contribution >= 4 is 35.8 Å². The number of hydrogen-bond acceptors (Lipinski definition) is 4. The molecule has 0 atom stereocenters. The Morgan fingerprint density at radius 3 is 2.62 bits per heavy atom. The van der Waals surface area contributed by atoms with Crippen LogP contribution < -0.4 is 15.8 Å². The van der Waals surface area contributed by atoms with Crippen molar-refractivity contribution in [1.29, 1.82) is 0 Å². The Kier molecular flexibility index (Phi) is 12.0. The van der Waals surface area contributed by atoms with E-state index in [-0.39, 0.29) is 35.8 Å². The molecule has 0 radical (unpaired) electrons. The van der Waals surface area contributed by atoms with E-state index in [1.807, 2.05) is 32.3 Å². The molecule has 1 aromatic rings. The van der Waals surface area contributed by atoms with Crippen molar-refractivity contribution in [2.45, 2.75) is 32.2 Å². The molecule has 1 amide bonds. The number of carbonyl (C=O) groups excluding carboxylic acids is 1. The number of nitrogens with zero attached hydrogens (tertiary/aromatic N) is 3. The maximum absolute atomic E-state index is 11.2. The monoisotopic (exact) mass is 517 g/mol. The summed E-state index contributed by atoms with van der Waals surface area (Å²) in [4.78, 5) is 20.2. The van der Waals surface area contributed by atoms with Crippen LogP contribution in [0.5, 0.6) is 5.75 Å². The number of para-hydroxylation sites is 1. The van der Waals surface area contributed by atoms with E-state index in [2.05, 4.69) is 26.2 Å². The summed E-state index contributed by atoms with van der Waals surface area (Å²) < 4.78 is 5.43. The number of ether oxygens (including phenoxy) is 1. The maximum Gasteiger partial charge on any atom is 0.220 e. The van der Waals surface area contributed by atoms with E-state index in [0.717, 1.165) is 75.7 Å². The first-order valence-corrected chi connectivity index (χ1v) is 10.1. The van der Waals surface area contributed by atoms with E-state index in [4.69, 9.17) is 10.5 Å². The van der Waals surface area contributed by atoms with Crippen molar-refractivity contribution in [3.63, 3.8) is 0 Å². The van der Waals surface area contributed by atoms with E-state index < -0.39 is 0 Å². The van der Waals surface area contributed by atoms with Crippen molar-refractivity contribution in [2.75, 3.05) is 47.4 Å². The molecule has 164 valence electrons. The molecule has 1 saturated heterocycles. The second-order valence-corrected chi connectivity index (χ2v) is 7.37. The third-order valence-corrected chi connectivity index (χ3v) is 5.35. The first kappa shape index (κ1) is 25.5. The molecule has 1 heterocycles. The second kappa shape index (κ2) is 13.6. The number of halogens is 1. The third-order valence-electron chi connectivity index (χ3n) is 5.35. The number of primary amides is 1. The second-order valence-electron chi connectivity index (χ2n) is 7.37. The average Bonchev–Trinajstić information content (AvgIpc) is 2.71. The molecular weight excluding hydrogens is 481 g/mol. The Bertz CT molecular complexity index is 648. The van der Waals surface area contributed by atoms with Crippen LogP contribution in [-0.2, 0) is 11.3 Å². The first-order chi connectivity index (χ1) is 13.5. The van der Waals surface area contributed by atoms with Gasteiger partial charge in [0, 0.05) is 38.7 Å². The summed E-state index contributed by atoms with van der Waals surface area (Å²) in [5.74, 6) is 1.70. The summed E-state index contributed by atoms with van der Waals surface area (Å²) in [5.41, 5.74) is 6.53. The number of carbonyl (C=O) groups is 1. The van der Waals surface area contributed by atoms with Crippen LogP contribution >= 0.6 is 24.0 Å². The molecule has 3 N–H and O–H groups in total. The van der Waals surface area contributed by atoms with Crippen LogP contribution in [0.4, 0.5) is 0 Å². The topological polar surface area (TPSA) is 83.2 Å². The van der Waals surface area contributed by atoms with Gasteiger partial charge < -0.3 is 25.6 Å². The van der Waals surface area contributed by atoms with Gasteiger partial charge in [0.2, 0.25) is 5.91 Å². The standard InChI is InChI=1S/C21H35N5O2.HI/c1-23-21(25(2)16-18-8-4-5-9-19(18)28-3)24-12-6-7-13-26-14-10-17(11-15-26)20(22)27;/h4-5,8-9,17H,6-7,10-16H2,1-3H3,(H2,22,27)(H,23,24);1H. The minimum Gasteiger partial charge on any atom is -0.496 e. The molecule has 1 fully saturated rings. The van der Waals surface area contributed by atoms with Gasteiger partial charge in [0.05, 0.1) is 7.11 Å². The van der Waals surface area contributed by atoms with Crippen LogP contribution in [0.1, 0.15) is 31.2 Å². The van der Waals surface area contributed by atoms with Gasteiger partial charge in [-0.15, -0.1) is 24.0 Å². The summed E-state index contributed by atoms with van der Waals surface area (Å²) in [6, 6.07) is 8.05. The van der Waals surface area contributed by atoms with E-state index in [0.29, 0.717) is 0 Å². The number of aliphatic imine (C=N–C) groups is 1. The summed E-state index contributed by atoms with van der Waals surface area (Å²) in [6.45, 7) is 4.65. The summed E-state index contributed by atoms with van der Waals surface area (Å²) in [5, 5.41) is 3.44. The number of hydrogen-bond donors (Lipinski definition) is 2. The Hall–Kier alpha value is -1.55. The number of guanidine groups is 1. The molecule has 29 heavy (non-hydrogen) atoms. The largest absolute Gasteiger partial charge is 0.496 e. The maximum atomic E-state index is 11.2. The van der Waals surface area contributed by atoms with Crippen LogP contribution in [0.2, 0.25) is 0 Å². The minimum atomic E-state index is -0.146. The highest BCUT2D eigenvalue weighted by molar-refractivity contribution is 14.0. The highest BCUT2D eigenvalue weighted by Crippen LogP contribution is 2.19. The van der Waals surface area contributed by atoms with E-state index >= 15 is 0 Å². The first-order valence-electron chi connectivity index (χ1n) is 10.1. The highest BCUT2D eigenvalue weighted by Gasteiger charge is 2.22. The van der Waals surface area contributed by atoms with Gasteiger partial charge in [0.25, 0.3) is 0 Å². The number of likely N-dealkylation sites (tertiary alicyclic amines) is 1. The van der Waals surface area contributed by atoms with Crippen LogP contribution in [-0.4, -0.2) is 69.1 Å². The number of nitrogens with two attached hydrogens (primary N) is 1. The lowest BCUT2D eigenvalue weighted by Gasteiger charge is -2.30. The van der Waals surface area contributed by atoms with Gasteiger partial charge in [-0.1, -0.05) is 18.2 Å². The van der Waals surface area contributed by atoms with Crippen LogP contribution in [0.3, 0.4) is 0 Å². The predicted molar refractivity (Wildman–Crippen MR) is 129 cm³/mol. The van der Waals surface area contributed by atoms with Gasteiger partial charge in [-0.3, -0.25) is 9.79 Å². The zero-order valence-electron chi connectivity index (χ0n) is 17.9. The molecule has 1 aliphatic rings. The summed E-state index contributed by atoms with van der Waals surface area (Å²) in [6.07, 6.45) is 4.00. The number of nitrogens with one attached hydrogen (secondary N) is 1. The van der Waals surface area contributed by atoms with Gasteiger partial charge in [-0.05, 0) is 51.4 Å². The molecular formula is C21H36IN5O2. The highest BCUT2D eigenvalue weighted by atomic mass is 127. The average molecular weight is 517 g/mol. The molecule has 1 aliphatic heterocycles. The molecule has 0 bridgehead atoms. The Morgan fingerprint density at radius 2 is 2.00 bits per heavy atom. The lowest BCUT2D eigenvalue weighted by molar-refractivity contribution is -0.123. The molecule has 0 aromatic heterocycles. The molecule has 7 nitrogen and oxygen atoms in total. The quantitative estimate of drug-likeness (QED) is 0.227. The summed E-state index contributed by atoms with van der Waals surface area (Å²) in [7, 11) is 5.54. The Labute approximate surface area is 192 Å². The van der Waals surface area contributed by atoms with Crippen LogP contribution in [0.15, 0.2) is 29.3 Å². The number of piperidine rings is 1. The fourth-order valence-corrected chi connectivity index (χ4v) is 3.65. The molecule has 0 unspecified atom stereocenters. The number of rotatable bonds is 9. The zero-order chi connectivity index (χ0) is 20.4. The number of methoxy groups -OCH3 is 1. The predicted octanol–water partition coefficient (Wildman–Crippen LogP) is 2.30. The van der Waals surface area contributed by atoms with E-state index in [9.17, 15) is 4.79 Å². The Balaban J connectivity index is 0.00000420. The molecule has 0 aliphatic carbocycles. The van der Waals surface area contributed by atoms with Gasteiger partial charge in [-0.25, -0.2) is 0 Å². The van der Waals surface area contributed by atoms with Gasteiger partial charge in [0.15, 0.2) is 5.96 Å². The smallest absolute Gasteiger partial charge is 0.220 e. The fourth-order valence-electron chi connectivity index (χ4n) is 3.65. The lowest BCUT2D eigenvalue weighted by atomic mass is 9.96. The third kappa shape index (κ3) is 8.38. The number of benzene rings is 1. The molecule has 0 spiro atoms. The molecule has 2 rings (SSSR count). The van der Waals surface area contributed by atoms with Crippen LogP contribution in [0.25, 0.3) is 0 Å². The number of unbranched alkanes of at least 4 members (excludes halogenated alkanes) is 1. The van der Waals surface area contributed by atoms with Crippen LogP contribution in [0, 0.1) is 5.92 Å². The van der Waals surface area contributed by atoms with Crippen molar-refractivity contribution < 1.29 is 9.53 Å². The Morgan fingerprint density at radius 1 is 1.31 bits per heavy atom. The van der Waals surface area contributed by atoms with Crippen molar-refractivity contribution in [2.24, 2.45) is 16.6 Å². The molecule has 8 heteroatoms. The van der Waals surface area contributed by atoms with E-state index in [1.165, 1.54) is 0 Å². The molecule has 1 aromatic carbocycles. The van der Waals surface area contributed by atoms with Gasteiger partial charge in [0.1, 0.15) is 5.75 Å². The minimum absolute atomic E-state index is 0. The molecule has 0 saturated carbocycles. The normalized spacial score (nSPS) is 15.5. The van der Waals surface area contributed by atoms with Crippen molar-refractivity contribution in [1.82, 2.24) is 15.1 Å². The summed E-state index contributed by atoms with van der Waals surface area (Å²) >= 11 is 0. The fraction of sp³-hybridized carbons (Fsp3) is 0.619. The van der Waals surface area contributed by atoms with Gasteiger partial charge >= 0.3 is 0 Å².